The highest BCUT2D eigenvalue weighted by molar-refractivity contribution is 5.84. The van der Waals surface area contributed by atoms with Gasteiger partial charge in [-0.2, -0.15) is 0 Å². The molecule has 0 bridgehead atoms. The molecule has 2 N–H and O–H groups in total. The van der Waals surface area contributed by atoms with Crippen molar-refractivity contribution < 1.29 is 24.2 Å². The number of nitrogens with one attached hydrogen (secondary N) is 1. The number of aryl methyl sites for hydroxylation is 1. The standard InChI is InChI=1S/C24H36N2O5/c1-15(2)13-20(26-22(28)29)24(21(27)30-23(4,5)31-24)14-19-16(3)18(11-12-25-19)8-6-7-17-9-10-17/h11-12,15,17,20,26H,6-10,13-14H2,1-5H3,(H,28,29)/t20-,24+/m0/s1. The van der Waals surface area contributed by atoms with Gasteiger partial charge >= 0.3 is 12.1 Å². The molecule has 2 aliphatic rings. The largest absolute Gasteiger partial charge is 0.465 e. The smallest absolute Gasteiger partial charge is 0.404 e. The van der Waals surface area contributed by atoms with E-state index in [-0.39, 0.29) is 12.3 Å². The van der Waals surface area contributed by atoms with E-state index in [4.69, 9.17) is 9.47 Å². The van der Waals surface area contributed by atoms with Crippen LogP contribution in [-0.4, -0.2) is 39.6 Å². The lowest BCUT2D eigenvalue weighted by molar-refractivity contribution is -0.170. The second-order valence-electron chi connectivity index (χ2n) is 9.97. The van der Waals surface area contributed by atoms with Crippen molar-refractivity contribution in [3.8, 4) is 0 Å². The lowest BCUT2D eigenvalue weighted by Gasteiger charge is -2.35. The SMILES string of the molecule is Cc1c(CCCC2CC2)ccnc1C[C@]1([C@H](CC(C)C)NC(=O)O)OC(C)(C)OC1=O. The van der Waals surface area contributed by atoms with Crippen molar-refractivity contribution in [2.24, 2.45) is 11.8 Å². The van der Waals surface area contributed by atoms with Gasteiger partial charge in [0.05, 0.1) is 6.04 Å². The summed E-state index contributed by atoms with van der Waals surface area (Å²) in [5.74, 6) is -0.635. The highest BCUT2D eigenvalue weighted by atomic mass is 16.8. The van der Waals surface area contributed by atoms with Crippen LogP contribution in [0.1, 0.15) is 76.6 Å². The first-order valence-corrected chi connectivity index (χ1v) is 11.4. The Morgan fingerprint density at radius 2 is 2.06 bits per heavy atom. The molecule has 2 heterocycles. The monoisotopic (exact) mass is 432 g/mol. The molecular weight excluding hydrogens is 396 g/mol. The number of carbonyl (C=O) groups excluding carboxylic acids is 1. The zero-order chi connectivity index (χ0) is 22.8. The molecule has 31 heavy (non-hydrogen) atoms. The van der Waals surface area contributed by atoms with E-state index in [1.54, 1.807) is 20.0 Å². The molecule has 2 atom stereocenters. The fourth-order valence-electron chi connectivity index (χ4n) is 4.55. The van der Waals surface area contributed by atoms with Crippen molar-refractivity contribution in [2.75, 3.05) is 0 Å². The number of carboxylic acid groups (broad SMARTS) is 1. The van der Waals surface area contributed by atoms with Crippen molar-refractivity contribution >= 4 is 12.1 Å². The maximum absolute atomic E-state index is 13.2. The molecule has 3 rings (SSSR count). The highest BCUT2D eigenvalue weighted by Crippen LogP contribution is 2.40. The fraction of sp³-hybridized carbons (Fsp3) is 0.708. The third-order valence-electron chi connectivity index (χ3n) is 6.29. The Hall–Kier alpha value is -2.15. The summed E-state index contributed by atoms with van der Waals surface area (Å²) in [5, 5.41) is 12.0. The summed E-state index contributed by atoms with van der Waals surface area (Å²) in [4.78, 5) is 29.3. The number of aromatic nitrogens is 1. The Morgan fingerprint density at radius 3 is 2.61 bits per heavy atom. The van der Waals surface area contributed by atoms with Crippen LogP contribution in [0.3, 0.4) is 0 Å². The first-order valence-electron chi connectivity index (χ1n) is 11.4. The van der Waals surface area contributed by atoms with Gasteiger partial charge in [-0.1, -0.05) is 33.1 Å². The van der Waals surface area contributed by atoms with Crippen LogP contribution in [0.2, 0.25) is 0 Å². The maximum atomic E-state index is 13.2. The maximum Gasteiger partial charge on any atom is 0.404 e. The molecule has 1 aromatic rings. The van der Waals surface area contributed by atoms with E-state index in [2.05, 4.69) is 10.3 Å². The van der Waals surface area contributed by atoms with Crippen LogP contribution in [-0.2, 0) is 27.1 Å². The summed E-state index contributed by atoms with van der Waals surface area (Å²) in [6.45, 7) is 9.35. The molecule has 7 nitrogen and oxygen atoms in total. The number of rotatable bonds is 10. The first-order chi connectivity index (χ1) is 14.5. The number of nitrogens with zero attached hydrogens (tertiary/aromatic N) is 1. The topological polar surface area (TPSA) is 97.8 Å². The molecule has 1 aliphatic carbocycles. The summed E-state index contributed by atoms with van der Waals surface area (Å²) >= 11 is 0. The zero-order valence-corrected chi connectivity index (χ0v) is 19.4. The Bertz CT molecular complexity index is 818. The van der Waals surface area contributed by atoms with Gasteiger partial charge in [-0.25, -0.2) is 9.59 Å². The van der Waals surface area contributed by atoms with E-state index >= 15 is 0 Å². The minimum atomic E-state index is -1.46. The van der Waals surface area contributed by atoms with Crippen molar-refractivity contribution in [1.82, 2.24) is 10.3 Å². The molecule has 0 radical (unpaired) electrons. The molecule has 1 saturated heterocycles. The van der Waals surface area contributed by atoms with Gasteiger partial charge in [-0.15, -0.1) is 0 Å². The number of ether oxygens (including phenoxy) is 2. The summed E-state index contributed by atoms with van der Waals surface area (Å²) < 4.78 is 11.7. The van der Waals surface area contributed by atoms with Gasteiger partial charge < -0.3 is 19.9 Å². The summed E-state index contributed by atoms with van der Waals surface area (Å²) in [5.41, 5.74) is 1.55. The molecule has 2 fully saturated rings. The molecule has 7 heteroatoms. The van der Waals surface area contributed by atoms with Crippen molar-refractivity contribution in [3.63, 3.8) is 0 Å². The molecule has 1 aliphatic heterocycles. The van der Waals surface area contributed by atoms with E-state index in [0.717, 1.165) is 30.0 Å². The third kappa shape index (κ3) is 5.76. The summed E-state index contributed by atoms with van der Waals surface area (Å²) in [7, 11) is 0. The third-order valence-corrected chi connectivity index (χ3v) is 6.29. The van der Waals surface area contributed by atoms with Gasteiger partial charge in [-0.3, -0.25) is 4.98 Å². The van der Waals surface area contributed by atoms with Gasteiger partial charge in [0.1, 0.15) is 0 Å². The lowest BCUT2D eigenvalue weighted by atomic mass is 9.82. The molecule has 0 aromatic carbocycles. The van der Waals surface area contributed by atoms with E-state index in [0.29, 0.717) is 6.42 Å². The highest BCUT2D eigenvalue weighted by Gasteiger charge is 2.59. The van der Waals surface area contributed by atoms with Crippen LogP contribution in [0.25, 0.3) is 0 Å². The number of pyridine rings is 1. The van der Waals surface area contributed by atoms with Crippen LogP contribution in [0.15, 0.2) is 12.3 Å². The van der Waals surface area contributed by atoms with Crippen LogP contribution < -0.4 is 5.32 Å². The van der Waals surface area contributed by atoms with Crippen molar-refractivity contribution in [3.05, 3.63) is 29.1 Å². The van der Waals surface area contributed by atoms with Crippen LogP contribution >= 0.6 is 0 Å². The van der Waals surface area contributed by atoms with Crippen LogP contribution in [0.4, 0.5) is 4.79 Å². The number of cyclic esters (lactones) is 1. The van der Waals surface area contributed by atoms with Crippen molar-refractivity contribution in [1.29, 1.82) is 0 Å². The fourth-order valence-corrected chi connectivity index (χ4v) is 4.55. The number of carbonyl (C=O) groups is 2. The number of hydrogen-bond acceptors (Lipinski definition) is 5. The minimum absolute atomic E-state index is 0.150. The van der Waals surface area contributed by atoms with E-state index in [1.807, 2.05) is 26.8 Å². The predicted molar refractivity (Wildman–Crippen MR) is 117 cm³/mol. The quantitative estimate of drug-likeness (QED) is 0.532. The van der Waals surface area contributed by atoms with Gasteiger partial charge in [0.25, 0.3) is 0 Å². The van der Waals surface area contributed by atoms with Gasteiger partial charge in [0.15, 0.2) is 5.60 Å². The zero-order valence-electron chi connectivity index (χ0n) is 19.4. The van der Waals surface area contributed by atoms with Gasteiger partial charge in [-0.05, 0) is 55.2 Å². The molecule has 1 amide bonds. The van der Waals surface area contributed by atoms with E-state index in [1.165, 1.54) is 24.8 Å². The molecule has 1 saturated carbocycles. The van der Waals surface area contributed by atoms with Crippen LogP contribution in [0.5, 0.6) is 0 Å². The second kappa shape index (κ2) is 9.15. The first kappa shape index (κ1) is 23.5. The predicted octanol–water partition coefficient (Wildman–Crippen LogP) is 4.40. The molecule has 172 valence electrons. The van der Waals surface area contributed by atoms with Crippen molar-refractivity contribution in [2.45, 2.75) is 97.0 Å². The normalized spacial score (nSPS) is 23.6. The van der Waals surface area contributed by atoms with Gasteiger partial charge in [0.2, 0.25) is 5.79 Å². The Labute approximate surface area is 184 Å². The summed E-state index contributed by atoms with van der Waals surface area (Å²) in [6.07, 6.45) is 7.27. The average molecular weight is 433 g/mol. The average Bonchev–Trinajstić information content (AvgIpc) is 3.42. The van der Waals surface area contributed by atoms with Gasteiger partial charge in [0, 0.05) is 32.2 Å². The van der Waals surface area contributed by atoms with E-state index < -0.39 is 29.5 Å². The number of esters is 1. The molecular formula is C24H36N2O5. The second-order valence-corrected chi connectivity index (χ2v) is 9.97. The van der Waals surface area contributed by atoms with E-state index in [9.17, 15) is 14.7 Å². The lowest BCUT2D eigenvalue weighted by Crippen LogP contribution is -2.58. The Balaban J connectivity index is 1.91. The van der Waals surface area contributed by atoms with Crippen LogP contribution in [0, 0.1) is 18.8 Å². The molecule has 1 aromatic heterocycles. The Kier molecular flexibility index (Phi) is 6.94. The number of hydrogen-bond donors (Lipinski definition) is 2. The number of amides is 1. The minimum Gasteiger partial charge on any atom is -0.465 e. The Morgan fingerprint density at radius 1 is 1.35 bits per heavy atom. The molecule has 0 spiro atoms. The molecule has 0 unspecified atom stereocenters. The summed E-state index contributed by atoms with van der Waals surface area (Å²) in [6, 6.07) is 1.29.